The van der Waals surface area contributed by atoms with Gasteiger partial charge in [-0.2, -0.15) is 0 Å². The fourth-order valence-corrected chi connectivity index (χ4v) is 3.83. The number of ether oxygens (including phenoxy) is 4. The molecule has 0 spiro atoms. The van der Waals surface area contributed by atoms with E-state index in [1.54, 1.807) is 41.3 Å². The molecule has 1 saturated heterocycles. The lowest BCUT2D eigenvalue weighted by atomic mass is 9.97. The van der Waals surface area contributed by atoms with Gasteiger partial charge in [-0.25, -0.2) is 0 Å². The Morgan fingerprint density at radius 3 is 2.68 bits per heavy atom. The summed E-state index contributed by atoms with van der Waals surface area (Å²) in [5.41, 5.74) is 5.27. The van der Waals surface area contributed by atoms with E-state index in [0.29, 0.717) is 28.8 Å². The van der Waals surface area contributed by atoms with Crippen molar-refractivity contribution in [2.24, 2.45) is 5.73 Å². The van der Waals surface area contributed by atoms with Gasteiger partial charge in [-0.05, 0) is 42.0 Å². The number of primary amides is 1. The Morgan fingerprint density at radius 1 is 1.13 bits per heavy atom. The average molecular weight is 447 g/mol. The van der Waals surface area contributed by atoms with Crippen molar-refractivity contribution in [3.05, 3.63) is 53.1 Å². The molecule has 0 unspecified atom stereocenters. The molecular formula is C22H23ClN2O6. The van der Waals surface area contributed by atoms with E-state index in [2.05, 4.69) is 0 Å². The Morgan fingerprint density at radius 2 is 1.90 bits per heavy atom. The minimum Gasteiger partial charge on any atom is -0.490 e. The first kappa shape index (κ1) is 21.3. The zero-order valence-corrected chi connectivity index (χ0v) is 17.6. The van der Waals surface area contributed by atoms with E-state index < -0.39 is 11.5 Å². The summed E-state index contributed by atoms with van der Waals surface area (Å²) in [6.07, 6.45) is 0.135. The number of benzene rings is 2. The molecule has 2 aliphatic rings. The molecule has 2 aromatic carbocycles. The zero-order chi connectivity index (χ0) is 21.8. The molecule has 31 heavy (non-hydrogen) atoms. The zero-order valence-electron chi connectivity index (χ0n) is 16.8. The van der Waals surface area contributed by atoms with Gasteiger partial charge in [-0.3, -0.25) is 9.59 Å². The van der Waals surface area contributed by atoms with Crippen LogP contribution in [0.2, 0.25) is 5.02 Å². The van der Waals surface area contributed by atoms with Crippen LogP contribution in [0.15, 0.2) is 42.5 Å². The summed E-state index contributed by atoms with van der Waals surface area (Å²) in [6.45, 7) is 1.16. The SMILES string of the molecule is NC(=O)C[C@]1(COc2ccc(Cl)cc2)CN(C(=O)Cc2ccc3c(c2)OCO3)CCO1. The summed E-state index contributed by atoms with van der Waals surface area (Å²) in [6, 6.07) is 12.3. The van der Waals surface area contributed by atoms with Crippen molar-refractivity contribution in [2.75, 3.05) is 33.1 Å². The Hall–Kier alpha value is -2.97. The van der Waals surface area contributed by atoms with E-state index in [1.165, 1.54) is 0 Å². The maximum absolute atomic E-state index is 13.0. The summed E-state index contributed by atoms with van der Waals surface area (Å²) < 4.78 is 22.5. The molecule has 0 aromatic heterocycles. The number of rotatable bonds is 7. The molecule has 1 fully saturated rings. The van der Waals surface area contributed by atoms with Crippen LogP contribution in [0.3, 0.4) is 0 Å². The minimum absolute atomic E-state index is 0.0611. The van der Waals surface area contributed by atoms with Crippen molar-refractivity contribution in [3.63, 3.8) is 0 Å². The number of hydrogen-bond acceptors (Lipinski definition) is 6. The maximum Gasteiger partial charge on any atom is 0.231 e. The number of morpholine rings is 1. The number of fused-ring (bicyclic) bond motifs is 1. The molecule has 2 N–H and O–H groups in total. The molecule has 2 heterocycles. The summed E-state index contributed by atoms with van der Waals surface area (Å²) in [4.78, 5) is 26.4. The van der Waals surface area contributed by atoms with Gasteiger partial charge in [0, 0.05) is 11.6 Å². The third kappa shape index (κ3) is 5.21. The summed E-state index contributed by atoms with van der Waals surface area (Å²) in [5, 5.41) is 0.591. The lowest BCUT2D eigenvalue weighted by molar-refractivity contribution is -0.161. The Bertz CT molecular complexity index is 967. The van der Waals surface area contributed by atoms with Crippen molar-refractivity contribution in [1.82, 2.24) is 4.90 Å². The molecule has 9 heteroatoms. The highest BCUT2D eigenvalue weighted by molar-refractivity contribution is 6.30. The van der Waals surface area contributed by atoms with Crippen LogP contribution in [0.5, 0.6) is 17.2 Å². The van der Waals surface area contributed by atoms with Gasteiger partial charge in [0.1, 0.15) is 18.0 Å². The fraction of sp³-hybridized carbons (Fsp3) is 0.364. The summed E-state index contributed by atoms with van der Waals surface area (Å²) >= 11 is 5.91. The molecule has 2 aromatic rings. The van der Waals surface area contributed by atoms with Gasteiger partial charge in [-0.15, -0.1) is 0 Å². The van der Waals surface area contributed by atoms with E-state index >= 15 is 0 Å². The first-order valence-corrected chi connectivity index (χ1v) is 10.3. The van der Waals surface area contributed by atoms with Crippen molar-refractivity contribution < 1.29 is 28.5 Å². The van der Waals surface area contributed by atoms with E-state index in [1.807, 2.05) is 6.07 Å². The summed E-state index contributed by atoms with van der Waals surface area (Å²) in [7, 11) is 0. The average Bonchev–Trinajstić information content (AvgIpc) is 3.21. The highest BCUT2D eigenvalue weighted by Gasteiger charge is 2.41. The second-order valence-electron chi connectivity index (χ2n) is 7.60. The molecule has 1 atom stereocenters. The van der Waals surface area contributed by atoms with Crippen LogP contribution < -0.4 is 19.9 Å². The van der Waals surface area contributed by atoms with E-state index in [-0.39, 0.29) is 45.3 Å². The maximum atomic E-state index is 13.0. The topological polar surface area (TPSA) is 100 Å². The lowest BCUT2D eigenvalue weighted by Gasteiger charge is -2.42. The third-order valence-corrected chi connectivity index (χ3v) is 5.46. The number of amides is 2. The minimum atomic E-state index is -1.02. The monoisotopic (exact) mass is 446 g/mol. The molecule has 0 aliphatic carbocycles. The highest BCUT2D eigenvalue weighted by Crippen LogP contribution is 2.33. The molecule has 0 bridgehead atoms. The fourth-order valence-electron chi connectivity index (χ4n) is 3.70. The molecule has 2 amide bonds. The Kier molecular flexibility index (Phi) is 6.20. The predicted molar refractivity (Wildman–Crippen MR) is 112 cm³/mol. The molecule has 0 saturated carbocycles. The van der Waals surface area contributed by atoms with Gasteiger partial charge in [0.15, 0.2) is 11.5 Å². The van der Waals surface area contributed by atoms with Crippen molar-refractivity contribution in [1.29, 1.82) is 0 Å². The van der Waals surface area contributed by atoms with E-state index in [0.717, 1.165) is 5.56 Å². The van der Waals surface area contributed by atoms with E-state index in [9.17, 15) is 9.59 Å². The van der Waals surface area contributed by atoms with Crippen LogP contribution in [0, 0.1) is 0 Å². The molecular weight excluding hydrogens is 424 g/mol. The van der Waals surface area contributed by atoms with Crippen LogP contribution in [-0.2, 0) is 20.7 Å². The molecule has 0 radical (unpaired) electrons. The first-order chi connectivity index (χ1) is 14.9. The Balaban J connectivity index is 1.44. The number of carbonyl (C=O) groups is 2. The number of halogens is 1. The number of nitrogens with two attached hydrogens (primary N) is 1. The predicted octanol–water partition coefficient (Wildman–Crippen LogP) is 2.16. The van der Waals surface area contributed by atoms with Crippen molar-refractivity contribution in [2.45, 2.75) is 18.4 Å². The number of hydrogen-bond donors (Lipinski definition) is 1. The number of carbonyl (C=O) groups excluding carboxylic acids is 2. The van der Waals surface area contributed by atoms with Crippen molar-refractivity contribution in [3.8, 4) is 17.2 Å². The Labute approximate surface area is 184 Å². The van der Waals surface area contributed by atoms with Crippen LogP contribution >= 0.6 is 11.6 Å². The molecule has 2 aliphatic heterocycles. The first-order valence-electron chi connectivity index (χ1n) is 9.89. The van der Waals surface area contributed by atoms with Crippen molar-refractivity contribution >= 4 is 23.4 Å². The van der Waals surface area contributed by atoms with Gasteiger partial charge in [0.05, 0.1) is 26.0 Å². The van der Waals surface area contributed by atoms with Gasteiger partial charge in [0.2, 0.25) is 18.6 Å². The largest absolute Gasteiger partial charge is 0.490 e. The summed E-state index contributed by atoms with van der Waals surface area (Å²) in [5.74, 6) is 1.28. The van der Waals surface area contributed by atoms with Gasteiger partial charge in [0.25, 0.3) is 0 Å². The van der Waals surface area contributed by atoms with Gasteiger partial charge in [-0.1, -0.05) is 17.7 Å². The standard InChI is InChI=1S/C22H23ClN2O6/c23-16-2-4-17(5-3-16)28-13-22(11-20(24)26)12-25(7-8-31-22)21(27)10-15-1-6-18-19(9-15)30-14-29-18/h1-6,9H,7-8,10-14H2,(H2,24,26)/t22-/m1/s1. The van der Waals surface area contributed by atoms with Crippen LogP contribution in [-0.4, -0.2) is 55.4 Å². The molecule has 8 nitrogen and oxygen atoms in total. The van der Waals surface area contributed by atoms with Gasteiger partial charge < -0.3 is 29.6 Å². The van der Waals surface area contributed by atoms with Crippen LogP contribution in [0.4, 0.5) is 0 Å². The second-order valence-corrected chi connectivity index (χ2v) is 8.03. The highest BCUT2D eigenvalue weighted by atomic mass is 35.5. The van der Waals surface area contributed by atoms with Crippen LogP contribution in [0.1, 0.15) is 12.0 Å². The normalized spacial score (nSPS) is 19.8. The smallest absolute Gasteiger partial charge is 0.231 e. The molecule has 164 valence electrons. The van der Waals surface area contributed by atoms with E-state index in [4.69, 9.17) is 36.3 Å². The third-order valence-electron chi connectivity index (χ3n) is 5.21. The number of nitrogens with zero attached hydrogens (tertiary/aromatic N) is 1. The van der Waals surface area contributed by atoms with Gasteiger partial charge >= 0.3 is 0 Å². The van der Waals surface area contributed by atoms with Crippen LogP contribution in [0.25, 0.3) is 0 Å². The second kappa shape index (κ2) is 9.03. The lowest BCUT2D eigenvalue weighted by Crippen LogP contribution is -2.58. The molecule has 4 rings (SSSR count). The quantitative estimate of drug-likeness (QED) is 0.699.